The molecule has 1 aliphatic carbocycles. The van der Waals surface area contributed by atoms with Crippen LogP contribution in [0.1, 0.15) is 43.4 Å². The molecular weight excluding hydrogens is 782 g/mol. The molecule has 2 aromatic carbocycles. The van der Waals surface area contributed by atoms with Crippen molar-refractivity contribution in [2.75, 3.05) is 19.4 Å². The number of nitrogens with one attached hydrogen (secondary N) is 1. The molecule has 10 atom stereocenters. The maximum atomic E-state index is 16.0. The van der Waals surface area contributed by atoms with Crippen LogP contribution in [0.4, 0.5) is 10.1 Å². The molecule has 0 saturated carbocycles. The number of carboxylic acid groups (broad SMARTS) is 1. The molecule has 3 N–H and O–H groups in total. The van der Waals surface area contributed by atoms with E-state index in [1.165, 1.54) is 51.9 Å². The first-order chi connectivity index (χ1) is 25.5. The standard InChI is InChI=1S/C35H32FN5O9S4/c1-30-26(46)40-20-13-15-7-5-6-8-17(15)32(20,23(45)34(40,53-51-30)28(48)38(30)3)33-18-14-16(36)9-10-19(18)37-25(33)41-27(47)31(2)39(4)29(49)35(41,54-52-31)24(33)50-22(44)12-11-21(42)43/h5-10,14,20,23-25,37,45H,11-13H2,1-4H3,(H,42,43)/t20-,23-,24-,25+,30-,31-,32-,33+,34-,35-/m0/s1. The zero-order valence-electron chi connectivity index (χ0n) is 29.0. The highest BCUT2D eigenvalue weighted by Gasteiger charge is 2.93. The monoisotopic (exact) mass is 813 g/mol. The van der Waals surface area contributed by atoms with Crippen LogP contribution in [0.2, 0.25) is 0 Å². The highest BCUT2D eigenvalue weighted by molar-refractivity contribution is 8.78. The van der Waals surface area contributed by atoms with Gasteiger partial charge in [-0.25, -0.2) is 4.39 Å². The zero-order chi connectivity index (χ0) is 38.3. The lowest BCUT2D eigenvalue weighted by atomic mass is 9.51. The fourth-order valence-electron chi connectivity index (χ4n) is 10.8. The molecule has 54 heavy (non-hydrogen) atoms. The van der Waals surface area contributed by atoms with Gasteiger partial charge in [-0.15, -0.1) is 0 Å². The second kappa shape index (κ2) is 10.4. The summed E-state index contributed by atoms with van der Waals surface area (Å²) in [4.78, 5) is 84.4. The van der Waals surface area contributed by atoms with E-state index in [9.17, 15) is 29.4 Å². The molecule has 0 unspecified atom stereocenters. The van der Waals surface area contributed by atoms with Crippen molar-refractivity contribution in [3.8, 4) is 0 Å². The number of benzene rings is 2. The summed E-state index contributed by atoms with van der Waals surface area (Å²) >= 11 is 0. The zero-order valence-corrected chi connectivity index (χ0v) is 32.3. The van der Waals surface area contributed by atoms with Crippen LogP contribution >= 0.6 is 43.2 Å². The van der Waals surface area contributed by atoms with Gasteiger partial charge in [-0.1, -0.05) is 45.9 Å². The number of carboxylic acids is 1. The van der Waals surface area contributed by atoms with Gasteiger partial charge in [-0.05, 0) is 76.7 Å². The largest absolute Gasteiger partial charge is 0.481 e. The van der Waals surface area contributed by atoms with Crippen molar-refractivity contribution in [1.82, 2.24) is 19.6 Å². The Kier molecular flexibility index (Phi) is 6.70. The van der Waals surface area contributed by atoms with Crippen molar-refractivity contribution in [3.63, 3.8) is 0 Å². The average molecular weight is 814 g/mol. The minimum Gasteiger partial charge on any atom is -0.481 e. The van der Waals surface area contributed by atoms with Crippen LogP contribution in [0.15, 0.2) is 42.5 Å². The number of fused-ring (bicyclic) bond motifs is 11. The van der Waals surface area contributed by atoms with E-state index >= 15 is 14.0 Å². The number of anilines is 1. The number of nitrogens with zero attached hydrogens (tertiary/aromatic N) is 4. The van der Waals surface area contributed by atoms with Crippen molar-refractivity contribution in [2.45, 2.75) is 87.8 Å². The van der Waals surface area contributed by atoms with Gasteiger partial charge >= 0.3 is 11.9 Å². The molecule has 8 saturated heterocycles. The quantitative estimate of drug-likeness (QED) is 0.296. The first-order valence-electron chi connectivity index (χ1n) is 17.2. The summed E-state index contributed by atoms with van der Waals surface area (Å²) in [5, 5.41) is 26.5. The Hall–Kier alpha value is -3.65. The molecule has 282 valence electrons. The molecule has 2 aromatic rings. The number of aliphatic hydroxyl groups is 1. The molecule has 9 aliphatic heterocycles. The number of halogens is 1. The third-order valence-corrected chi connectivity index (χ3v) is 20.7. The number of aliphatic hydroxyl groups excluding tert-OH is 1. The number of aliphatic carboxylic acids is 1. The van der Waals surface area contributed by atoms with Crippen LogP contribution in [-0.2, 0) is 50.8 Å². The molecular formula is C35H32FN5O9S4. The Balaban J connectivity index is 1.36. The van der Waals surface area contributed by atoms with Gasteiger partial charge in [0.25, 0.3) is 23.6 Å². The second-order valence-corrected chi connectivity index (χ2v) is 20.8. The molecule has 14 nitrogen and oxygen atoms in total. The van der Waals surface area contributed by atoms with E-state index in [0.717, 1.165) is 43.2 Å². The van der Waals surface area contributed by atoms with E-state index in [1.807, 2.05) is 6.07 Å². The van der Waals surface area contributed by atoms with E-state index < -0.39 is 109 Å². The summed E-state index contributed by atoms with van der Waals surface area (Å²) in [7, 11) is 7.34. The van der Waals surface area contributed by atoms with Gasteiger partial charge in [0.05, 0.1) is 29.7 Å². The van der Waals surface area contributed by atoms with Gasteiger partial charge in [0.15, 0.2) is 15.8 Å². The number of piperazine rings is 2. The predicted octanol–water partition coefficient (Wildman–Crippen LogP) is 2.06. The molecule has 4 bridgehead atoms. The van der Waals surface area contributed by atoms with E-state index in [0.29, 0.717) is 16.8 Å². The number of likely N-dealkylation sites (N-methyl/N-ethyl adjacent to an activating group) is 2. The van der Waals surface area contributed by atoms with E-state index in [1.54, 1.807) is 32.0 Å². The third kappa shape index (κ3) is 3.33. The third-order valence-electron chi connectivity index (χ3n) is 13.3. The van der Waals surface area contributed by atoms with Crippen molar-refractivity contribution < 1.29 is 48.1 Å². The maximum absolute atomic E-state index is 16.0. The van der Waals surface area contributed by atoms with Crippen LogP contribution in [0.25, 0.3) is 0 Å². The lowest BCUT2D eigenvalue weighted by Crippen LogP contribution is -2.77. The molecule has 4 amide bonds. The van der Waals surface area contributed by atoms with E-state index in [-0.39, 0.29) is 12.0 Å². The Morgan fingerprint density at radius 1 is 0.852 bits per heavy atom. The first-order valence-corrected chi connectivity index (χ1v) is 21.5. The molecule has 0 aromatic heterocycles. The molecule has 12 rings (SSSR count). The minimum atomic E-state index is -2.02. The topological polar surface area (TPSA) is 177 Å². The predicted molar refractivity (Wildman–Crippen MR) is 196 cm³/mol. The number of ether oxygens (including phenoxy) is 1. The van der Waals surface area contributed by atoms with Gasteiger partial charge < -0.3 is 35.0 Å². The van der Waals surface area contributed by atoms with Gasteiger partial charge in [0.1, 0.15) is 18.1 Å². The smallest absolute Gasteiger partial charge is 0.306 e. The van der Waals surface area contributed by atoms with Crippen molar-refractivity contribution >= 4 is 84.4 Å². The number of hydrogen-bond donors (Lipinski definition) is 3. The summed E-state index contributed by atoms with van der Waals surface area (Å²) in [6.07, 6.45) is -5.89. The summed E-state index contributed by atoms with van der Waals surface area (Å²) < 4.78 is 22.5. The van der Waals surface area contributed by atoms with Gasteiger partial charge in [-0.3, -0.25) is 33.7 Å². The molecule has 19 heteroatoms. The maximum Gasteiger partial charge on any atom is 0.306 e. The highest BCUT2D eigenvalue weighted by atomic mass is 33.1. The molecule has 2 spiro atoms. The van der Waals surface area contributed by atoms with Gasteiger partial charge in [0.2, 0.25) is 9.74 Å². The van der Waals surface area contributed by atoms with Crippen molar-refractivity contribution in [2.24, 2.45) is 0 Å². The Morgan fingerprint density at radius 3 is 2.17 bits per heavy atom. The Labute approximate surface area is 323 Å². The number of hydrogen-bond acceptors (Lipinski definition) is 13. The van der Waals surface area contributed by atoms with Crippen molar-refractivity contribution in [1.29, 1.82) is 0 Å². The molecule has 0 radical (unpaired) electrons. The second-order valence-electron chi connectivity index (χ2n) is 15.3. The Bertz CT molecular complexity index is 2220. The molecule has 8 fully saturated rings. The van der Waals surface area contributed by atoms with Crippen LogP contribution in [0, 0.1) is 5.82 Å². The SMILES string of the molecule is CN1C(=O)[C@]23SS[C@@]1(C)C(=O)N2[C@H]1Cc2ccccc2[C@@]1([C@@]12c4cc(F)ccc4N[C@@H]1N1C(=O)[C@]4(C)SS[C@]1(C(=O)N4C)[C@H]2OC(=O)CCC(=O)O)[C@@H]3O. The normalized spacial score (nSPS) is 41.7. The Morgan fingerprint density at radius 2 is 1.48 bits per heavy atom. The summed E-state index contributed by atoms with van der Waals surface area (Å²) in [6.45, 7) is 3.26. The van der Waals surface area contributed by atoms with Gasteiger partial charge in [-0.2, -0.15) is 0 Å². The number of rotatable bonds is 5. The fraction of sp³-hybridized carbons (Fsp3) is 0.486. The average Bonchev–Trinajstić information content (AvgIpc) is 3.79. The number of carbonyl (C=O) groups is 6. The number of amides is 4. The van der Waals surface area contributed by atoms with Crippen LogP contribution < -0.4 is 5.32 Å². The van der Waals surface area contributed by atoms with E-state index in [4.69, 9.17) is 4.74 Å². The van der Waals surface area contributed by atoms with Crippen molar-refractivity contribution in [3.05, 3.63) is 65.0 Å². The highest BCUT2D eigenvalue weighted by Crippen LogP contribution is 2.79. The molecule has 9 heterocycles. The number of esters is 1. The lowest BCUT2D eigenvalue weighted by molar-refractivity contribution is -0.173. The minimum absolute atomic E-state index is 0.131. The van der Waals surface area contributed by atoms with Crippen LogP contribution in [0.3, 0.4) is 0 Å². The summed E-state index contributed by atoms with van der Waals surface area (Å²) in [5.74, 6) is -5.03. The molecule has 10 aliphatic rings. The van der Waals surface area contributed by atoms with Crippen LogP contribution in [-0.4, -0.2) is 123 Å². The summed E-state index contributed by atoms with van der Waals surface area (Å²) in [5.41, 5.74) is -2.13. The lowest BCUT2D eigenvalue weighted by Gasteiger charge is -2.58. The number of carbonyl (C=O) groups excluding carboxylic acids is 5. The fourth-order valence-corrected chi connectivity index (χ4v) is 18.0. The first kappa shape index (κ1) is 34.8. The summed E-state index contributed by atoms with van der Waals surface area (Å²) in [6, 6.07) is 10.1. The van der Waals surface area contributed by atoms with Gasteiger partial charge in [0, 0.05) is 19.8 Å². The van der Waals surface area contributed by atoms with Crippen LogP contribution in [0.5, 0.6) is 0 Å². The van der Waals surface area contributed by atoms with E-state index in [2.05, 4.69) is 5.32 Å².